The molecule has 6 heteroatoms. The number of amides is 1. The van der Waals surface area contributed by atoms with Gasteiger partial charge in [-0.25, -0.2) is 9.59 Å². The molecule has 3 aromatic rings. The monoisotopic (exact) mass is 381 g/mol. The van der Waals surface area contributed by atoms with Gasteiger partial charge in [-0.05, 0) is 18.1 Å². The lowest BCUT2D eigenvalue weighted by atomic mass is 10.1. The summed E-state index contributed by atoms with van der Waals surface area (Å²) in [6.07, 6.45) is -0.628. The Labute approximate surface area is 161 Å². The van der Waals surface area contributed by atoms with Crippen molar-refractivity contribution in [2.75, 3.05) is 12.4 Å². The molecule has 0 fully saturated rings. The third-order valence-corrected chi connectivity index (χ3v) is 4.97. The largest absolute Gasteiger partial charge is 0.465 e. The predicted molar refractivity (Wildman–Crippen MR) is 106 cm³/mol. The molecule has 1 heterocycles. The molecular weight excluding hydrogens is 362 g/mol. The summed E-state index contributed by atoms with van der Waals surface area (Å²) in [6.45, 7) is 2.14. The Morgan fingerprint density at radius 3 is 2.41 bits per heavy atom. The molecule has 0 aliphatic carbocycles. The minimum Gasteiger partial charge on any atom is -0.465 e. The summed E-state index contributed by atoms with van der Waals surface area (Å²) in [6, 6.07) is 17.2. The van der Waals surface area contributed by atoms with Gasteiger partial charge in [-0.1, -0.05) is 60.2 Å². The van der Waals surface area contributed by atoms with E-state index in [-0.39, 0.29) is 6.61 Å². The van der Waals surface area contributed by atoms with Crippen LogP contribution in [0.3, 0.4) is 0 Å². The Morgan fingerprint density at radius 1 is 1.04 bits per heavy atom. The molecule has 2 aromatic carbocycles. The molecule has 0 atom stereocenters. The molecule has 27 heavy (non-hydrogen) atoms. The fourth-order valence-corrected chi connectivity index (χ4v) is 3.54. The van der Waals surface area contributed by atoms with Crippen molar-refractivity contribution in [1.82, 2.24) is 0 Å². The molecule has 0 unspecified atom stereocenters. The third-order valence-electron chi connectivity index (χ3n) is 3.94. The van der Waals surface area contributed by atoms with Crippen LogP contribution in [-0.2, 0) is 16.1 Å². The highest BCUT2D eigenvalue weighted by Crippen LogP contribution is 2.36. The number of thiophene rings is 1. The molecule has 1 aromatic heterocycles. The average Bonchev–Trinajstić information content (AvgIpc) is 3.10. The van der Waals surface area contributed by atoms with Gasteiger partial charge in [-0.3, -0.25) is 5.32 Å². The maximum absolute atomic E-state index is 12.3. The first-order valence-electron chi connectivity index (χ1n) is 8.33. The van der Waals surface area contributed by atoms with Crippen LogP contribution in [0.1, 0.15) is 21.5 Å². The molecule has 0 saturated carbocycles. The molecule has 0 radical (unpaired) electrons. The minimum atomic E-state index is -0.628. The maximum Gasteiger partial charge on any atom is 0.412 e. The highest BCUT2D eigenvalue weighted by molar-refractivity contribution is 7.14. The lowest BCUT2D eigenvalue weighted by Gasteiger charge is -2.09. The molecule has 0 spiro atoms. The number of methoxy groups -OCH3 is 1. The van der Waals surface area contributed by atoms with Gasteiger partial charge in [0.25, 0.3) is 0 Å². The second kappa shape index (κ2) is 8.51. The Hall–Kier alpha value is -3.12. The second-order valence-corrected chi connectivity index (χ2v) is 6.78. The summed E-state index contributed by atoms with van der Waals surface area (Å²) in [4.78, 5) is 25.2. The van der Waals surface area contributed by atoms with Gasteiger partial charge in [0.1, 0.15) is 12.2 Å². The number of rotatable bonds is 5. The minimum absolute atomic E-state index is 0.148. The summed E-state index contributed by atoms with van der Waals surface area (Å²) in [5.74, 6) is -0.509. The van der Waals surface area contributed by atoms with Crippen LogP contribution in [0.15, 0.2) is 60.0 Å². The van der Waals surface area contributed by atoms with E-state index in [0.29, 0.717) is 11.3 Å². The zero-order chi connectivity index (χ0) is 19.2. The fourth-order valence-electron chi connectivity index (χ4n) is 2.54. The van der Waals surface area contributed by atoms with E-state index in [9.17, 15) is 9.59 Å². The van der Waals surface area contributed by atoms with Crippen molar-refractivity contribution >= 4 is 29.1 Å². The first-order valence-corrected chi connectivity index (χ1v) is 9.21. The van der Waals surface area contributed by atoms with Gasteiger partial charge in [0.2, 0.25) is 0 Å². The Morgan fingerprint density at radius 2 is 1.74 bits per heavy atom. The third kappa shape index (κ3) is 4.54. The molecule has 138 valence electrons. The molecule has 1 amide bonds. The van der Waals surface area contributed by atoms with Crippen molar-refractivity contribution in [3.8, 4) is 10.4 Å². The molecule has 3 rings (SSSR count). The zero-order valence-electron chi connectivity index (χ0n) is 15.0. The van der Waals surface area contributed by atoms with Crippen LogP contribution >= 0.6 is 11.3 Å². The Balaban J connectivity index is 1.79. The van der Waals surface area contributed by atoms with Crippen molar-refractivity contribution in [1.29, 1.82) is 0 Å². The van der Waals surface area contributed by atoms with E-state index < -0.39 is 12.1 Å². The number of nitrogens with one attached hydrogen (secondary N) is 1. The second-order valence-electron chi connectivity index (χ2n) is 5.90. The number of esters is 1. The molecule has 0 aliphatic rings. The Kier molecular flexibility index (Phi) is 5.88. The fraction of sp³-hybridized carbons (Fsp3) is 0.143. The summed E-state index contributed by atoms with van der Waals surface area (Å²) >= 11 is 1.36. The van der Waals surface area contributed by atoms with Crippen molar-refractivity contribution in [3.05, 3.63) is 76.7 Å². The van der Waals surface area contributed by atoms with Crippen LogP contribution in [0.5, 0.6) is 0 Å². The number of hydrogen-bond acceptors (Lipinski definition) is 5. The summed E-state index contributed by atoms with van der Waals surface area (Å²) < 4.78 is 10.1. The van der Waals surface area contributed by atoms with Crippen molar-refractivity contribution < 1.29 is 19.1 Å². The molecule has 0 aliphatic heterocycles. The van der Waals surface area contributed by atoms with Crippen LogP contribution in [0, 0.1) is 6.92 Å². The summed E-state index contributed by atoms with van der Waals surface area (Å²) in [5.41, 5.74) is 3.59. The molecule has 0 saturated heterocycles. The molecule has 0 bridgehead atoms. The lowest BCUT2D eigenvalue weighted by molar-refractivity contribution is 0.0603. The van der Waals surface area contributed by atoms with Gasteiger partial charge >= 0.3 is 12.1 Å². The van der Waals surface area contributed by atoms with Crippen LogP contribution in [0.25, 0.3) is 10.4 Å². The SMILES string of the molecule is COC(=O)c1c(NC(=O)OCc2ccccc2)csc1-c1ccc(C)cc1. The summed E-state index contributed by atoms with van der Waals surface area (Å²) in [7, 11) is 1.32. The van der Waals surface area contributed by atoms with Gasteiger partial charge in [0, 0.05) is 5.38 Å². The normalized spacial score (nSPS) is 10.3. The smallest absolute Gasteiger partial charge is 0.412 e. The van der Waals surface area contributed by atoms with Crippen molar-refractivity contribution in [2.24, 2.45) is 0 Å². The number of carbonyl (C=O) groups is 2. The highest BCUT2D eigenvalue weighted by atomic mass is 32.1. The topological polar surface area (TPSA) is 64.6 Å². The molecule has 1 N–H and O–H groups in total. The Bertz CT molecular complexity index is 933. The van der Waals surface area contributed by atoms with Crippen LogP contribution in [0.2, 0.25) is 0 Å². The molecular formula is C21H19NO4S. The number of aryl methyl sites for hydroxylation is 1. The quantitative estimate of drug-likeness (QED) is 0.612. The maximum atomic E-state index is 12.3. The van der Waals surface area contributed by atoms with Gasteiger partial charge in [-0.2, -0.15) is 0 Å². The highest BCUT2D eigenvalue weighted by Gasteiger charge is 2.22. The van der Waals surface area contributed by atoms with E-state index in [1.54, 1.807) is 5.38 Å². The standard InChI is InChI=1S/C21H19NO4S/c1-14-8-10-16(11-9-14)19-18(20(23)25-2)17(13-27-19)22-21(24)26-12-15-6-4-3-5-7-15/h3-11,13H,12H2,1-2H3,(H,22,24). The predicted octanol–water partition coefficient (Wildman–Crippen LogP) is 5.26. The number of anilines is 1. The van der Waals surface area contributed by atoms with Crippen LogP contribution in [-0.4, -0.2) is 19.2 Å². The van der Waals surface area contributed by atoms with Crippen LogP contribution < -0.4 is 5.32 Å². The van der Waals surface area contributed by atoms with E-state index in [4.69, 9.17) is 9.47 Å². The average molecular weight is 381 g/mol. The van der Waals surface area contributed by atoms with Gasteiger partial charge < -0.3 is 9.47 Å². The lowest BCUT2D eigenvalue weighted by Crippen LogP contribution is -2.15. The first kappa shape index (κ1) is 18.7. The molecule has 5 nitrogen and oxygen atoms in total. The van der Waals surface area contributed by atoms with E-state index in [0.717, 1.165) is 21.6 Å². The van der Waals surface area contributed by atoms with E-state index in [2.05, 4.69) is 5.32 Å². The van der Waals surface area contributed by atoms with E-state index >= 15 is 0 Å². The number of hydrogen-bond donors (Lipinski definition) is 1. The van der Waals surface area contributed by atoms with Crippen LogP contribution in [0.4, 0.5) is 10.5 Å². The first-order chi connectivity index (χ1) is 13.1. The number of benzene rings is 2. The summed E-state index contributed by atoms with van der Waals surface area (Å²) in [5, 5.41) is 4.36. The van der Waals surface area contributed by atoms with Gasteiger partial charge in [0.15, 0.2) is 0 Å². The van der Waals surface area contributed by atoms with Crippen molar-refractivity contribution in [2.45, 2.75) is 13.5 Å². The number of carbonyl (C=O) groups excluding carboxylic acids is 2. The zero-order valence-corrected chi connectivity index (χ0v) is 15.8. The van der Waals surface area contributed by atoms with E-state index in [1.165, 1.54) is 18.4 Å². The van der Waals surface area contributed by atoms with Gasteiger partial charge in [0.05, 0.1) is 17.7 Å². The van der Waals surface area contributed by atoms with Gasteiger partial charge in [-0.15, -0.1) is 11.3 Å². The van der Waals surface area contributed by atoms with Crippen molar-refractivity contribution in [3.63, 3.8) is 0 Å². The number of ether oxygens (including phenoxy) is 2. The van der Waals surface area contributed by atoms with E-state index in [1.807, 2.05) is 61.5 Å².